The summed E-state index contributed by atoms with van der Waals surface area (Å²) in [7, 11) is 0. The Hall–Kier alpha value is -1.13. The highest BCUT2D eigenvalue weighted by molar-refractivity contribution is 5.26. The van der Waals surface area contributed by atoms with E-state index in [4.69, 9.17) is 0 Å². The van der Waals surface area contributed by atoms with Crippen molar-refractivity contribution in [1.29, 1.82) is 0 Å². The minimum absolute atomic E-state index is 0.101. The fourth-order valence-corrected chi connectivity index (χ4v) is 4.77. The Morgan fingerprint density at radius 2 is 1.67 bits per heavy atom. The molecule has 2 aliphatic rings. The molecule has 1 aromatic carbocycles. The molecule has 0 radical (unpaired) electrons. The van der Waals surface area contributed by atoms with Gasteiger partial charge in [0.1, 0.15) is 12.3 Å². The first-order valence-corrected chi connectivity index (χ1v) is 8.84. The Kier molecular flexibility index (Phi) is 5.16. The molecule has 5 heteroatoms. The summed E-state index contributed by atoms with van der Waals surface area (Å²) in [6, 6.07) is 1.71. The van der Waals surface area contributed by atoms with Crippen molar-refractivity contribution in [3.63, 3.8) is 0 Å². The second kappa shape index (κ2) is 7.01. The topological polar surface area (TPSA) is 0 Å². The summed E-state index contributed by atoms with van der Waals surface area (Å²) in [6.45, 7) is 2.06. The van der Waals surface area contributed by atoms with Gasteiger partial charge in [-0.3, -0.25) is 0 Å². The van der Waals surface area contributed by atoms with E-state index in [2.05, 4.69) is 6.92 Å². The predicted octanol–water partition coefficient (Wildman–Crippen LogP) is 6.10. The number of halogens is 5. The largest absolute Gasteiger partial charge is 0.247 e. The van der Waals surface area contributed by atoms with Crippen molar-refractivity contribution >= 4 is 0 Å². The van der Waals surface area contributed by atoms with Crippen molar-refractivity contribution in [3.05, 3.63) is 35.1 Å². The van der Waals surface area contributed by atoms with Crippen LogP contribution in [-0.4, -0.2) is 12.3 Å². The summed E-state index contributed by atoms with van der Waals surface area (Å²) in [6.07, 6.45) is 1.61. The van der Waals surface area contributed by atoms with E-state index in [0.717, 1.165) is 37.8 Å². The van der Waals surface area contributed by atoms with Gasteiger partial charge in [0.2, 0.25) is 0 Å². The van der Waals surface area contributed by atoms with E-state index in [-0.39, 0.29) is 11.5 Å². The van der Waals surface area contributed by atoms with Gasteiger partial charge >= 0.3 is 0 Å². The van der Waals surface area contributed by atoms with Gasteiger partial charge in [0, 0.05) is 11.8 Å². The van der Waals surface area contributed by atoms with Crippen LogP contribution in [-0.2, 0) is 0 Å². The van der Waals surface area contributed by atoms with E-state index in [1.54, 1.807) is 0 Å². The van der Waals surface area contributed by atoms with Gasteiger partial charge in [-0.2, -0.15) is 0 Å². The molecule has 3 rings (SSSR count). The lowest BCUT2D eigenvalue weighted by Crippen LogP contribution is -2.27. The average Bonchev–Trinajstić information content (AvgIpc) is 2.77. The Labute approximate surface area is 139 Å². The minimum atomic E-state index is -1.55. The molecule has 0 aliphatic heterocycles. The van der Waals surface area contributed by atoms with Crippen LogP contribution in [0.3, 0.4) is 0 Å². The number of rotatable bonds is 3. The maximum Gasteiger partial charge on any atom is 0.194 e. The zero-order valence-corrected chi connectivity index (χ0v) is 13.8. The summed E-state index contributed by atoms with van der Waals surface area (Å²) in [5.74, 6) is -5.47. The number of benzene rings is 1. The molecule has 2 fully saturated rings. The average molecular weight is 346 g/mol. The van der Waals surface area contributed by atoms with Crippen LogP contribution in [0.1, 0.15) is 56.9 Å². The van der Waals surface area contributed by atoms with Gasteiger partial charge < -0.3 is 0 Å². The van der Waals surface area contributed by atoms with Crippen LogP contribution in [0.2, 0.25) is 0 Å². The van der Waals surface area contributed by atoms with Gasteiger partial charge in [-0.25, -0.2) is 22.0 Å². The second-order valence-electron chi connectivity index (χ2n) is 7.41. The molecule has 0 nitrogen and oxygen atoms in total. The Bertz CT molecular complexity index is 564. The number of hydrogen-bond acceptors (Lipinski definition) is 0. The second-order valence-corrected chi connectivity index (χ2v) is 7.41. The molecule has 0 N–H and O–H groups in total. The fourth-order valence-electron chi connectivity index (χ4n) is 4.77. The van der Waals surface area contributed by atoms with Crippen LogP contribution >= 0.6 is 0 Å². The van der Waals surface area contributed by atoms with Gasteiger partial charge in [-0.1, -0.05) is 26.2 Å². The third-order valence-electron chi connectivity index (χ3n) is 5.91. The van der Waals surface area contributed by atoms with Gasteiger partial charge in [-0.05, 0) is 48.8 Å². The first-order valence-electron chi connectivity index (χ1n) is 8.84. The molecule has 0 heterocycles. The quantitative estimate of drug-likeness (QED) is 0.458. The number of fused-ring (bicyclic) bond motifs is 1. The van der Waals surface area contributed by atoms with E-state index in [9.17, 15) is 22.0 Å². The summed E-state index contributed by atoms with van der Waals surface area (Å²) in [5.41, 5.74) is 0.101. The maximum atomic E-state index is 14.9. The summed E-state index contributed by atoms with van der Waals surface area (Å²) >= 11 is 0. The van der Waals surface area contributed by atoms with Gasteiger partial charge in [0.05, 0.1) is 0 Å². The Balaban J connectivity index is 1.81. The van der Waals surface area contributed by atoms with Crippen LogP contribution in [0.4, 0.5) is 22.0 Å². The SMILES string of the molecule is CCCC1CCC2CC(c3cc(F)c(F)c(F)c3)C(F)C2C(F)C1. The van der Waals surface area contributed by atoms with Crippen molar-refractivity contribution in [3.8, 4) is 0 Å². The molecular formula is C19H23F5. The van der Waals surface area contributed by atoms with Crippen LogP contribution in [0.15, 0.2) is 12.1 Å². The van der Waals surface area contributed by atoms with Crippen molar-refractivity contribution in [1.82, 2.24) is 0 Å². The molecular weight excluding hydrogens is 323 g/mol. The predicted molar refractivity (Wildman–Crippen MR) is 82.7 cm³/mol. The van der Waals surface area contributed by atoms with Crippen LogP contribution in [0.25, 0.3) is 0 Å². The smallest absolute Gasteiger partial charge is 0.194 e. The van der Waals surface area contributed by atoms with Crippen molar-refractivity contribution in [2.45, 2.75) is 63.7 Å². The molecule has 0 saturated heterocycles. The Morgan fingerprint density at radius 3 is 2.29 bits per heavy atom. The number of hydrogen-bond donors (Lipinski definition) is 0. The van der Waals surface area contributed by atoms with E-state index >= 15 is 0 Å². The zero-order chi connectivity index (χ0) is 17.4. The van der Waals surface area contributed by atoms with Crippen LogP contribution in [0.5, 0.6) is 0 Å². The lowest BCUT2D eigenvalue weighted by Gasteiger charge is -2.23. The van der Waals surface area contributed by atoms with Crippen molar-refractivity contribution in [2.24, 2.45) is 17.8 Å². The molecule has 0 spiro atoms. The molecule has 0 amide bonds. The first kappa shape index (κ1) is 17.7. The first-order chi connectivity index (χ1) is 11.4. The third kappa shape index (κ3) is 3.18. The van der Waals surface area contributed by atoms with E-state index < -0.39 is 41.6 Å². The summed E-state index contributed by atoms with van der Waals surface area (Å²) in [5, 5.41) is 0. The monoisotopic (exact) mass is 346 g/mol. The molecule has 0 aromatic heterocycles. The van der Waals surface area contributed by atoms with Crippen molar-refractivity contribution < 1.29 is 22.0 Å². The molecule has 134 valence electrons. The van der Waals surface area contributed by atoms with E-state index in [1.807, 2.05) is 0 Å². The summed E-state index contributed by atoms with van der Waals surface area (Å²) in [4.78, 5) is 0. The lowest BCUT2D eigenvalue weighted by atomic mass is 9.88. The highest BCUT2D eigenvalue weighted by Gasteiger charge is 2.49. The molecule has 2 aliphatic carbocycles. The normalized spacial score (nSPS) is 36.4. The molecule has 24 heavy (non-hydrogen) atoms. The van der Waals surface area contributed by atoms with E-state index in [0.29, 0.717) is 18.8 Å². The molecule has 6 unspecified atom stereocenters. The number of alkyl halides is 2. The van der Waals surface area contributed by atoms with Crippen molar-refractivity contribution in [2.75, 3.05) is 0 Å². The van der Waals surface area contributed by atoms with Gasteiger partial charge in [0.25, 0.3) is 0 Å². The lowest BCUT2D eigenvalue weighted by molar-refractivity contribution is 0.108. The zero-order valence-electron chi connectivity index (χ0n) is 13.8. The van der Waals surface area contributed by atoms with Gasteiger partial charge in [-0.15, -0.1) is 0 Å². The molecule has 1 aromatic rings. The molecule has 2 saturated carbocycles. The summed E-state index contributed by atoms with van der Waals surface area (Å²) < 4.78 is 69.7. The minimum Gasteiger partial charge on any atom is -0.247 e. The van der Waals surface area contributed by atoms with Crippen LogP contribution < -0.4 is 0 Å². The van der Waals surface area contributed by atoms with E-state index in [1.165, 1.54) is 0 Å². The molecule has 6 atom stereocenters. The fraction of sp³-hybridized carbons (Fsp3) is 0.684. The highest BCUT2D eigenvalue weighted by Crippen LogP contribution is 2.52. The molecule has 0 bridgehead atoms. The Morgan fingerprint density at radius 1 is 1.00 bits per heavy atom. The highest BCUT2D eigenvalue weighted by atomic mass is 19.2. The standard InChI is InChI=1S/C19H23F5/c1-2-3-10-4-5-11-7-13(18(23)17(11)14(20)6-10)12-8-15(21)19(24)16(22)9-12/h8-11,13-14,17-18H,2-7H2,1H3. The third-order valence-corrected chi connectivity index (χ3v) is 5.91. The van der Waals surface area contributed by atoms with Crippen LogP contribution in [0, 0.1) is 35.2 Å². The van der Waals surface area contributed by atoms with Gasteiger partial charge in [0.15, 0.2) is 17.5 Å². The maximum absolute atomic E-state index is 14.9.